The van der Waals surface area contributed by atoms with Gasteiger partial charge in [0.2, 0.25) is 0 Å². The fourth-order valence-electron chi connectivity index (χ4n) is 0.962. The minimum absolute atomic E-state index is 0.272. The smallest absolute Gasteiger partial charge is 0.131 e. The zero-order valence-corrected chi connectivity index (χ0v) is 7.50. The maximum absolute atomic E-state index is 10.0. The van der Waals surface area contributed by atoms with Crippen LogP contribution in [0.25, 0.3) is 0 Å². The Kier molecular flexibility index (Phi) is 3.10. The molecule has 0 aliphatic rings. The fraction of sp³-hybridized carbons (Fsp3) is 0.182. The van der Waals surface area contributed by atoms with Crippen LogP contribution in [0.5, 0.6) is 0 Å². The molecule has 0 spiro atoms. The van der Waals surface area contributed by atoms with E-state index in [2.05, 4.69) is 11.8 Å². The van der Waals surface area contributed by atoms with Crippen LogP contribution in [0, 0.1) is 18.8 Å². The molecule has 1 rings (SSSR count). The van der Waals surface area contributed by atoms with Crippen molar-refractivity contribution in [3.63, 3.8) is 0 Å². The van der Waals surface area contributed by atoms with E-state index in [4.69, 9.17) is 5.73 Å². The van der Waals surface area contributed by atoms with Gasteiger partial charge in [0, 0.05) is 11.3 Å². The first-order valence-electron chi connectivity index (χ1n) is 4.02. The molecule has 2 nitrogen and oxygen atoms in total. The number of aryl methyl sites for hydroxylation is 1. The second-order valence-corrected chi connectivity index (χ2v) is 2.75. The molecule has 66 valence electrons. The third-order valence-electron chi connectivity index (χ3n) is 1.67. The summed E-state index contributed by atoms with van der Waals surface area (Å²) in [5, 5.41) is 0. The minimum Gasteiger partial charge on any atom is -0.399 e. The van der Waals surface area contributed by atoms with Crippen LogP contribution in [0.1, 0.15) is 17.5 Å². The van der Waals surface area contributed by atoms with E-state index >= 15 is 0 Å². The maximum atomic E-state index is 10.0. The standard InChI is InChI=1S/C11H11NO/c1-9-5-6-11(12)8-10(9)4-2-3-7-13/h5-8H,3,12H2,1H3. The zero-order chi connectivity index (χ0) is 9.68. The monoisotopic (exact) mass is 173 g/mol. The number of benzene rings is 1. The summed E-state index contributed by atoms with van der Waals surface area (Å²) in [6.07, 6.45) is 1.06. The SMILES string of the molecule is Cc1ccc(N)cc1C#CCC=O. The number of anilines is 1. The number of hydrogen-bond donors (Lipinski definition) is 1. The van der Waals surface area contributed by atoms with Crippen LogP contribution in [-0.2, 0) is 4.79 Å². The molecular weight excluding hydrogens is 162 g/mol. The van der Waals surface area contributed by atoms with Gasteiger partial charge < -0.3 is 10.5 Å². The van der Waals surface area contributed by atoms with Gasteiger partial charge in [-0.15, -0.1) is 0 Å². The minimum atomic E-state index is 0.272. The number of nitrogen functional groups attached to an aromatic ring is 1. The van der Waals surface area contributed by atoms with Crippen molar-refractivity contribution in [2.45, 2.75) is 13.3 Å². The van der Waals surface area contributed by atoms with Gasteiger partial charge in [0.1, 0.15) is 6.29 Å². The quantitative estimate of drug-likeness (QED) is 0.397. The summed E-state index contributed by atoms with van der Waals surface area (Å²) in [6.45, 7) is 1.96. The summed E-state index contributed by atoms with van der Waals surface area (Å²) in [4.78, 5) is 10.0. The molecule has 0 amide bonds. The van der Waals surface area contributed by atoms with E-state index in [1.807, 2.05) is 25.1 Å². The Bertz CT molecular complexity index is 371. The van der Waals surface area contributed by atoms with Gasteiger partial charge in [-0.25, -0.2) is 0 Å². The zero-order valence-electron chi connectivity index (χ0n) is 7.50. The molecule has 0 fully saturated rings. The average molecular weight is 173 g/mol. The van der Waals surface area contributed by atoms with Gasteiger partial charge in [-0.1, -0.05) is 17.9 Å². The molecule has 0 radical (unpaired) electrons. The van der Waals surface area contributed by atoms with Crippen molar-refractivity contribution < 1.29 is 4.79 Å². The number of rotatable bonds is 1. The van der Waals surface area contributed by atoms with E-state index in [0.29, 0.717) is 5.69 Å². The fourth-order valence-corrected chi connectivity index (χ4v) is 0.962. The van der Waals surface area contributed by atoms with Crippen molar-refractivity contribution in [3.05, 3.63) is 29.3 Å². The van der Waals surface area contributed by atoms with Gasteiger partial charge in [-0.2, -0.15) is 0 Å². The largest absolute Gasteiger partial charge is 0.399 e. The summed E-state index contributed by atoms with van der Waals surface area (Å²) < 4.78 is 0. The molecular formula is C11H11NO. The molecule has 0 aliphatic carbocycles. The second kappa shape index (κ2) is 4.32. The highest BCUT2D eigenvalue weighted by Crippen LogP contribution is 2.10. The van der Waals surface area contributed by atoms with E-state index in [0.717, 1.165) is 17.4 Å². The van der Waals surface area contributed by atoms with E-state index in [1.165, 1.54) is 0 Å². The number of aldehydes is 1. The number of hydrogen-bond acceptors (Lipinski definition) is 2. The molecule has 0 unspecified atom stereocenters. The maximum Gasteiger partial charge on any atom is 0.131 e. The summed E-state index contributed by atoms with van der Waals surface area (Å²) in [5.41, 5.74) is 8.26. The predicted octanol–water partition coefficient (Wildman–Crippen LogP) is 1.52. The van der Waals surface area contributed by atoms with Crippen molar-refractivity contribution in [2.75, 3.05) is 5.73 Å². The summed E-state index contributed by atoms with van der Waals surface area (Å²) in [6, 6.07) is 5.56. The third-order valence-corrected chi connectivity index (χ3v) is 1.67. The molecule has 0 aliphatic heterocycles. The summed E-state index contributed by atoms with van der Waals surface area (Å²) in [5.74, 6) is 5.64. The Morgan fingerprint density at radius 2 is 2.31 bits per heavy atom. The normalized spacial score (nSPS) is 8.69. The van der Waals surface area contributed by atoms with Gasteiger partial charge in [0.25, 0.3) is 0 Å². The van der Waals surface area contributed by atoms with Crippen molar-refractivity contribution in [3.8, 4) is 11.8 Å². The molecule has 0 saturated carbocycles. The lowest BCUT2D eigenvalue weighted by atomic mass is 10.1. The lowest BCUT2D eigenvalue weighted by Crippen LogP contribution is -1.88. The predicted molar refractivity (Wildman–Crippen MR) is 53.2 cm³/mol. The van der Waals surface area contributed by atoms with Gasteiger partial charge >= 0.3 is 0 Å². The third kappa shape index (κ3) is 2.64. The van der Waals surface area contributed by atoms with Gasteiger partial charge in [0.15, 0.2) is 0 Å². The lowest BCUT2D eigenvalue weighted by Gasteiger charge is -1.98. The van der Waals surface area contributed by atoms with Gasteiger partial charge in [0.05, 0.1) is 6.42 Å². The number of carbonyl (C=O) groups excluding carboxylic acids is 1. The molecule has 0 bridgehead atoms. The molecule has 1 aromatic carbocycles. The Hall–Kier alpha value is -1.75. The van der Waals surface area contributed by atoms with E-state index < -0.39 is 0 Å². The van der Waals surface area contributed by atoms with Crippen LogP contribution in [0.4, 0.5) is 5.69 Å². The highest BCUT2D eigenvalue weighted by molar-refractivity contribution is 5.56. The Morgan fingerprint density at radius 1 is 1.54 bits per heavy atom. The summed E-state index contributed by atoms with van der Waals surface area (Å²) >= 11 is 0. The van der Waals surface area contributed by atoms with E-state index in [1.54, 1.807) is 0 Å². The van der Waals surface area contributed by atoms with Gasteiger partial charge in [-0.3, -0.25) is 0 Å². The average Bonchev–Trinajstić information content (AvgIpc) is 2.11. The van der Waals surface area contributed by atoms with Gasteiger partial charge in [-0.05, 0) is 24.6 Å². The van der Waals surface area contributed by atoms with Crippen LogP contribution in [0.3, 0.4) is 0 Å². The van der Waals surface area contributed by atoms with E-state index in [9.17, 15) is 4.79 Å². The Morgan fingerprint density at radius 3 is 3.00 bits per heavy atom. The van der Waals surface area contributed by atoms with E-state index in [-0.39, 0.29) is 6.42 Å². The van der Waals surface area contributed by atoms with Crippen LogP contribution in [0.2, 0.25) is 0 Å². The molecule has 2 N–H and O–H groups in total. The molecule has 0 atom stereocenters. The van der Waals surface area contributed by atoms with Crippen LogP contribution in [-0.4, -0.2) is 6.29 Å². The molecule has 13 heavy (non-hydrogen) atoms. The lowest BCUT2D eigenvalue weighted by molar-refractivity contribution is -0.107. The number of carbonyl (C=O) groups is 1. The Labute approximate surface area is 77.8 Å². The van der Waals surface area contributed by atoms with Crippen molar-refractivity contribution >= 4 is 12.0 Å². The molecule has 0 aromatic heterocycles. The molecule has 1 aromatic rings. The second-order valence-electron chi connectivity index (χ2n) is 2.75. The molecule has 0 heterocycles. The van der Waals surface area contributed by atoms with Crippen LogP contribution < -0.4 is 5.73 Å². The van der Waals surface area contributed by atoms with Crippen LogP contribution >= 0.6 is 0 Å². The van der Waals surface area contributed by atoms with Crippen LogP contribution in [0.15, 0.2) is 18.2 Å². The number of nitrogens with two attached hydrogens (primary N) is 1. The molecule has 2 heteroatoms. The van der Waals surface area contributed by atoms with Crippen molar-refractivity contribution in [2.24, 2.45) is 0 Å². The summed E-state index contributed by atoms with van der Waals surface area (Å²) in [7, 11) is 0. The first-order valence-corrected chi connectivity index (χ1v) is 4.02. The van der Waals surface area contributed by atoms with Crippen molar-refractivity contribution in [1.82, 2.24) is 0 Å². The Balaban J connectivity index is 2.95. The first kappa shape index (κ1) is 9.34. The first-order chi connectivity index (χ1) is 6.24. The molecule has 0 saturated heterocycles. The topological polar surface area (TPSA) is 43.1 Å². The van der Waals surface area contributed by atoms with Crippen molar-refractivity contribution in [1.29, 1.82) is 0 Å². The highest BCUT2D eigenvalue weighted by Gasteiger charge is 1.93. The highest BCUT2D eigenvalue weighted by atomic mass is 16.1.